The van der Waals surface area contributed by atoms with Gasteiger partial charge in [0.15, 0.2) is 6.61 Å². The molecule has 2 heterocycles. The highest BCUT2D eigenvalue weighted by molar-refractivity contribution is 7.99. The molecule has 0 spiro atoms. The smallest absolute Gasteiger partial charge is 0.398 e. The van der Waals surface area contributed by atoms with Crippen molar-refractivity contribution >= 4 is 17.7 Å². The third-order valence-electron chi connectivity index (χ3n) is 3.46. The topological polar surface area (TPSA) is 78.1 Å². The maximum absolute atomic E-state index is 12.4. The number of esters is 1. The number of hydrogen-bond donors (Lipinski definition) is 0. The molecule has 0 atom stereocenters. The molecule has 0 unspecified atom stereocenters. The van der Waals surface area contributed by atoms with Crippen LogP contribution in [0.15, 0.2) is 52.1 Å². The molecule has 2 aromatic heterocycles. The van der Waals surface area contributed by atoms with Crippen molar-refractivity contribution in [3.8, 4) is 11.5 Å². The Balaban J connectivity index is 1.64. The summed E-state index contributed by atoms with van der Waals surface area (Å²) < 4.78 is 47.5. The van der Waals surface area contributed by atoms with Crippen LogP contribution in [0.25, 0.3) is 11.5 Å². The van der Waals surface area contributed by atoms with E-state index in [1.165, 1.54) is 18.3 Å². The summed E-state index contributed by atoms with van der Waals surface area (Å²) in [6.45, 7) is 1.66. The minimum absolute atomic E-state index is 0.0565. The molecule has 3 aromatic rings. The largest absolute Gasteiger partial charge is 0.454 e. The van der Waals surface area contributed by atoms with Crippen LogP contribution in [-0.2, 0) is 11.3 Å². The number of ether oxygens (including phenoxy) is 1. The van der Waals surface area contributed by atoms with E-state index in [2.05, 4.69) is 15.1 Å². The quantitative estimate of drug-likeness (QED) is 0.440. The fraction of sp³-hybridized carbons (Fsp3) is 0.222. The zero-order valence-electron chi connectivity index (χ0n) is 14.6. The van der Waals surface area contributed by atoms with Gasteiger partial charge in [0, 0.05) is 11.8 Å². The first-order valence-electron chi connectivity index (χ1n) is 8.03. The summed E-state index contributed by atoms with van der Waals surface area (Å²) in [4.78, 5) is 20.2. The van der Waals surface area contributed by atoms with E-state index in [4.69, 9.17) is 9.26 Å². The number of carbonyl (C=O) groups excluding carboxylic acids is 1. The summed E-state index contributed by atoms with van der Waals surface area (Å²) in [7, 11) is 0. The van der Waals surface area contributed by atoms with Gasteiger partial charge in [-0.1, -0.05) is 34.6 Å². The lowest BCUT2D eigenvalue weighted by Gasteiger charge is -2.09. The molecule has 3 rings (SSSR count). The van der Waals surface area contributed by atoms with E-state index in [0.29, 0.717) is 17.3 Å². The van der Waals surface area contributed by atoms with Gasteiger partial charge < -0.3 is 9.26 Å². The lowest BCUT2D eigenvalue weighted by atomic mass is 10.1. The highest BCUT2D eigenvalue weighted by Gasteiger charge is 2.29. The monoisotopic (exact) mass is 409 g/mol. The summed E-state index contributed by atoms with van der Waals surface area (Å²) in [5.41, 5.74) is 1.74. The Bertz CT molecular complexity index is 958. The van der Waals surface area contributed by atoms with Crippen molar-refractivity contribution in [2.24, 2.45) is 0 Å². The molecule has 6 nitrogen and oxygen atoms in total. The molecule has 0 radical (unpaired) electrons. The van der Waals surface area contributed by atoms with Crippen LogP contribution in [0.1, 0.15) is 21.7 Å². The van der Waals surface area contributed by atoms with Crippen LogP contribution < -0.4 is 0 Å². The van der Waals surface area contributed by atoms with E-state index in [1.54, 1.807) is 0 Å². The molecule has 146 valence electrons. The van der Waals surface area contributed by atoms with E-state index in [1.807, 2.05) is 31.2 Å². The SMILES string of the molecule is Cc1ccc(-c2nc(COC(=O)c3cccnc3SCC(F)(F)F)no2)cc1. The Labute approximate surface area is 162 Å². The number of thioether (sulfide) groups is 1. The third kappa shape index (κ3) is 5.32. The van der Waals surface area contributed by atoms with Crippen molar-refractivity contribution in [2.75, 3.05) is 5.75 Å². The number of nitrogens with zero attached hydrogens (tertiary/aromatic N) is 3. The number of aryl methyl sites for hydroxylation is 1. The molecule has 28 heavy (non-hydrogen) atoms. The van der Waals surface area contributed by atoms with Gasteiger partial charge in [-0.2, -0.15) is 18.2 Å². The average Bonchev–Trinajstić information content (AvgIpc) is 3.14. The summed E-state index contributed by atoms with van der Waals surface area (Å²) >= 11 is 0.420. The minimum Gasteiger partial charge on any atom is -0.454 e. The fourth-order valence-electron chi connectivity index (χ4n) is 2.15. The van der Waals surface area contributed by atoms with Gasteiger partial charge >= 0.3 is 12.1 Å². The van der Waals surface area contributed by atoms with E-state index in [-0.39, 0.29) is 28.9 Å². The van der Waals surface area contributed by atoms with Gasteiger partial charge in [0.25, 0.3) is 5.89 Å². The van der Waals surface area contributed by atoms with Crippen LogP contribution >= 0.6 is 11.8 Å². The molecule has 0 saturated carbocycles. The summed E-state index contributed by atoms with van der Waals surface area (Å²) in [5, 5.41) is 3.68. The Morgan fingerprint density at radius 1 is 1.21 bits per heavy atom. The van der Waals surface area contributed by atoms with Gasteiger partial charge in [0.1, 0.15) is 5.03 Å². The maximum atomic E-state index is 12.4. The first kappa shape index (κ1) is 19.9. The van der Waals surface area contributed by atoms with Gasteiger partial charge in [-0.05, 0) is 31.2 Å². The van der Waals surface area contributed by atoms with Crippen molar-refractivity contribution in [1.29, 1.82) is 0 Å². The molecular formula is C18H14F3N3O3S. The molecule has 0 amide bonds. The van der Waals surface area contributed by atoms with Crippen LogP contribution in [0, 0.1) is 6.92 Å². The number of pyridine rings is 1. The Hall–Kier alpha value is -2.88. The molecule has 0 N–H and O–H groups in total. The highest BCUT2D eigenvalue weighted by atomic mass is 32.2. The molecule has 0 fully saturated rings. The summed E-state index contributed by atoms with van der Waals surface area (Å²) in [6, 6.07) is 10.2. The molecular weight excluding hydrogens is 395 g/mol. The molecule has 0 aliphatic carbocycles. The Kier molecular flexibility index (Phi) is 5.98. The summed E-state index contributed by atoms with van der Waals surface area (Å²) in [6.07, 6.45) is -3.07. The fourth-order valence-corrected chi connectivity index (χ4v) is 2.89. The molecule has 1 aromatic carbocycles. The predicted molar refractivity (Wildman–Crippen MR) is 94.6 cm³/mol. The standard InChI is InChI=1S/C18H14F3N3O3S/c1-11-4-6-12(7-5-11)15-23-14(24-27-15)9-26-17(25)13-3-2-8-22-16(13)28-10-18(19,20)21/h2-8H,9-10H2,1H3. The second-order valence-electron chi connectivity index (χ2n) is 5.72. The minimum atomic E-state index is -4.37. The van der Waals surface area contributed by atoms with Gasteiger partial charge in [0.2, 0.25) is 5.82 Å². The molecule has 0 saturated heterocycles. The zero-order valence-corrected chi connectivity index (χ0v) is 15.4. The normalized spacial score (nSPS) is 11.4. The molecule has 0 aliphatic rings. The molecule has 0 bridgehead atoms. The van der Waals surface area contributed by atoms with Crippen LogP contribution in [0.3, 0.4) is 0 Å². The van der Waals surface area contributed by atoms with Gasteiger partial charge in [-0.15, -0.1) is 0 Å². The van der Waals surface area contributed by atoms with Crippen LogP contribution in [0.2, 0.25) is 0 Å². The first-order chi connectivity index (χ1) is 13.3. The van der Waals surface area contributed by atoms with Gasteiger partial charge in [0.05, 0.1) is 11.3 Å². The highest BCUT2D eigenvalue weighted by Crippen LogP contribution is 2.28. The lowest BCUT2D eigenvalue weighted by molar-refractivity contribution is -0.105. The van der Waals surface area contributed by atoms with Crippen molar-refractivity contribution in [2.45, 2.75) is 24.7 Å². The number of halogens is 3. The van der Waals surface area contributed by atoms with Gasteiger partial charge in [-0.3, -0.25) is 0 Å². The van der Waals surface area contributed by atoms with E-state index in [9.17, 15) is 18.0 Å². The number of carbonyl (C=O) groups is 1. The predicted octanol–water partition coefficient (Wildman–Crippen LogP) is 4.45. The van der Waals surface area contributed by atoms with E-state index < -0.39 is 17.9 Å². The molecule has 10 heteroatoms. The van der Waals surface area contributed by atoms with Crippen molar-refractivity contribution in [3.05, 3.63) is 59.5 Å². The van der Waals surface area contributed by atoms with Crippen molar-refractivity contribution in [1.82, 2.24) is 15.1 Å². The molecule has 0 aliphatic heterocycles. The van der Waals surface area contributed by atoms with E-state index >= 15 is 0 Å². The van der Waals surface area contributed by atoms with Crippen molar-refractivity contribution < 1.29 is 27.2 Å². The van der Waals surface area contributed by atoms with Gasteiger partial charge in [-0.25, -0.2) is 9.78 Å². The van der Waals surface area contributed by atoms with Crippen molar-refractivity contribution in [3.63, 3.8) is 0 Å². The van der Waals surface area contributed by atoms with Crippen LogP contribution in [-0.4, -0.2) is 33.0 Å². The van der Waals surface area contributed by atoms with Crippen LogP contribution in [0.5, 0.6) is 0 Å². The number of aromatic nitrogens is 3. The number of alkyl halides is 3. The van der Waals surface area contributed by atoms with Crippen LogP contribution in [0.4, 0.5) is 13.2 Å². The maximum Gasteiger partial charge on any atom is 0.398 e. The Morgan fingerprint density at radius 2 is 1.96 bits per heavy atom. The van der Waals surface area contributed by atoms with E-state index in [0.717, 1.165) is 5.56 Å². The number of rotatable bonds is 6. The second kappa shape index (κ2) is 8.42. The average molecular weight is 409 g/mol. The first-order valence-corrected chi connectivity index (χ1v) is 9.02. The number of benzene rings is 1. The Morgan fingerprint density at radius 3 is 2.68 bits per heavy atom. The zero-order chi connectivity index (χ0) is 20.1. The lowest BCUT2D eigenvalue weighted by Crippen LogP contribution is -2.13. The second-order valence-corrected chi connectivity index (χ2v) is 6.68. The third-order valence-corrected chi connectivity index (χ3v) is 4.53. The number of hydrogen-bond acceptors (Lipinski definition) is 7. The summed E-state index contributed by atoms with van der Waals surface area (Å²) in [5.74, 6) is -1.57.